The van der Waals surface area contributed by atoms with E-state index in [1.54, 1.807) is 30.3 Å². The van der Waals surface area contributed by atoms with Crippen LogP contribution in [-0.2, 0) is 27.8 Å². The molecule has 1 aliphatic heterocycles. The minimum Gasteiger partial charge on any atom is -0.350 e. The third-order valence-electron chi connectivity index (χ3n) is 5.20. The van der Waals surface area contributed by atoms with E-state index in [1.807, 2.05) is 43.3 Å². The summed E-state index contributed by atoms with van der Waals surface area (Å²) in [6.07, 6.45) is 0.834. The quantitative estimate of drug-likeness (QED) is 0.639. The first-order valence-corrected chi connectivity index (χ1v) is 11.5. The molecule has 3 aromatic carbocycles. The number of aryl methyl sites for hydroxylation is 1. The number of halogens is 1. The van der Waals surface area contributed by atoms with Crippen molar-refractivity contribution < 1.29 is 13.2 Å². The Morgan fingerprint density at radius 3 is 2.50 bits per heavy atom. The fraction of sp³-hybridized carbons (Fsp3) is 0.174. The van der Waals surface area contributed by atoms with Gasteiger partial charge in [-0.15, -0.1) is 0 Å². The second-order valence-electron chi connectivity index (χ2n) is 7.08. The third-order valence-corrected chi connectivity index (χ3v) is 7.39. The van der Waals surface area contributed by atoms with E-state index in [0.717, 1.165) is 23.1 Å². The number of hydrogen-bond donors (Lipinski definition) is 1. The monoisotopic (exact) mass is 440 g/mol. The molecule has 0 atom stereocenters. The standard InChI is InChI=1S/C23H21ClN2O3S/c1-2-16-11-12-21-19(13-16)18-8-4-6-10-22(18)30(28,29)26(21)15-23(27)25-14-17-7-3-5-9-20(17)24/h3-13H,2,14-15H2,1H3,(H,25,27). The Labute approximate surface area is 181 Å². The number of anilines is 1. The fourth-order valence-corrected chi connectivity index (χ4v) is 5.44. The maximum atomic E-state index is 13.3. The van der Waals surface area contributed by atoms with Crippen molar-refractivity contribution in [3.05, 3.63) is 82.9 Å². The second kappa shape index (κ2) is 8.13. The van der Waals surface area contributed by atoms with Crippen LogP contribution in [0.25, 0.3) is 11.1 Å². The molecule has 0 radical (unpaired) electrons. The van der Waals surface area contributed by atoms with Crippen molar-refractivity contribution in [1.82, 2.24) is 5.32 Å². The zero-order valence-electron chi connectivity index (χ0n) is 16.4. The van der Waals surface area contributed by atoms with E-state index in [-0.39, 0.29) is 18.0 Å². The van der Waals surface area contributed by atoms with E-state index in [0.29, 0.717) is 16.3 Å². The molecule has 1 N–H and O–H groups in total. The maximum absolute atomic E-state index is 13.3. The Hall–Kier alpha value is -2.83. The summed E-state index contributed by atoms with van der Waals surface area (Å²) in [4.78, 5) is 12.9. The SMILES string of the molecule is CCc1ccc2c(c1)-c1ccccc1S(=O)(=O)N2CC(=O)NCc1ccccc1Cl. The molecule has 7 heteroatoms. The number of nitrogens with zero attached hydrogens (tertiary/aromatic N) is 1. The number of nitrogens with one attached hydrogen (secondary N) is 1. The van der Waals surface area contributed by atoms with Crippen LogP contribution in [0, 0.1) is 0 Å². The molecular formula is C23H21ClN2O3S. The molecule has 1 heterocycles. The van der Waals surface area contributed by atoms with Crippen LogP contribution < -0.4 is 9.62 Å². The number of rotatable bonds is 5. The molecular weight excluding hydrogens is 420 g/mol. The molecule has 0 saturated carbocycles. The van der Waals surface area contributed by atoms with E-state index in [9.17, 15) is 13.2 Å². The molecule has 0 bridgehead atoms. The molecule has 0 spiro atoms. The minimum atomic E-state index is -3.86. The largest absolute Gasteiger partial charge is 0.350 e. The summed E-state index contributed by atoms with van der Waals surface area (Å²) in [7, 11) is -3.86. The van der Waals surface area contributed by atoms with Crippen LogP contribution >= 0.6 is 11.6 Å². The highest BCUT2D eigenvalue weighted by atomic mass is 35.5. The Balaban J connectivity index is 1.66. The Bertz CT molecular complexity index is 1220. The van der Waals surface area contributed by atoms with Crippen molar-refractivity contribution in [2.45, 2.75) is 24.8 Å². The first kappa shape index (κ1) is 20.4. The Morgan fingerprint density at radius 2 is 1.73 bits per heavy atom. The number of carbonyl (C=O) groups is 1. The van der Waals surface area contributed by atoms with Gasteiger partial charge in [-0.2, -0.15) is 0 Å². The van der Waals surface area contributed by atoms with Crippen LogP contribution in [0.2, 0.25) is 5.02 Å². The topological polar surface area (TPSA) is 66.5 Å². The van der Waals surface area contributed by atoms with Gasteiger partial charge < -0.3 is 5.32 Å². The maximum Gasteiger partial charge on any atom is 0.265 e. The average molecular weight is 441 g/mol. The van der Waals surface area contributed by atoms with Gasteiger partial charge in [0.1, 0.15) is 6.54 Å². The number of amides is 1. The lowest BCUT2D eigenvalue weighted by Crippen LogP contribution is -2.42. The van der Waals surface area contributed by atoms with Crippen molar-refractivity contribution in [2.24, 2.45) is 0 Å². The second-order valence-corrected chi connectivity index (χ2v) is 9.32. The highest BCUT2D eigenvalue weighted by molar-refractivity contribution is 7.93. The Kier molecular flexibility index (Phi) is 5.54. The predicted molar refractivity (Wildman–Crippen MR) is 119 cm³/mol. The van der Waals surface area contributed by atoms with Crippen molar-refractivity contribution in [3.8, 4) is 11.1 Å². The van der Waals surface area contributed by atoms with Gasteiger partial charge in [0.05, 0.1) is 10.6 Å². The summed E-state index contributed by atoms with van der Waals surface area (Å²) in [5, 5.41) is 3.32. The number of sulfonamides is 1. The fourth-order valence-electron chi connectivity index (χ4n) is 3.59. The first-order valence-electron chi connectivity index (χ1n) is 9.67. The number of carbonyl (C=O) groups excluding carboxylic acids is 1. The van der Waals surface area contributed by atoms with Crippen molar-refractivity contribution in [3.63, 3.8) is 0 Å². The highest BCUT2D eigenvalue weighted by Crippen LogP contribution is 2.43. The van der Waals surface area contributed by atoms with Crippen LogP contribution in [0.3, 0.4) is 0 Å². The molecule has 0 aromatic heterocycles. The van der Waals surface area contributed by atoms with E-state index in [2.05, 4.69) is 5.32 Å². The normalized spacial score (nSPS) is 14.0. The Morgan fingerprint density at radius 1 is 1.00 bits per heavy atom. The number of hydrogen-bond acceptors (Lipinski definition) is 3. The van der Waals surface area contributed by atoms with Crippen molar-refractivity contribution in [1.29, 1.82) is 0 Å². The first-order chi connectivity index (χ1) is 14.4. The van der Waals surface area contributed by atoms with Gasteiger partial charge in [0.2, 0.25) is 5.91 Å². The van der Waals surface area contributed by atoms with Crippen molar-refractivity contribution in [2.75, 3.05) is 10.8 Å². The van der Waals surface area contributed by atoms with Crippen LogP contribution in [0.4, 0.5) is 5.69 Å². The van der Waals surface area contributed by atoms with Gasteiger partial charge in [-0.3, -0.25) is 9.10 Å². The van der Waals surface area contributed by atoms with E-state index in [1.165, 1.54) is 4.31 Å². The van der Waals surface area contributed by atoms with Crippen LogP contribution in [0.1, 0.15) is 18.1 Å². The smallest absolute Gasteiger partial charge is 0.265 e. The summed E-state index contributed by atoms with van der Waals surface area (Å²) in [6, 6.07) is 19.8. The molecule has 5 nitrogen and oxygen atoms in total. The summed E-state index contributed by atoms with van der Waals surface area (Å²) >= 11 is 6.14. The molecule has 4 rings (SSSR count). The lowest BCUT2D eigenvalue weighted by molar-refractivity contribution is -0.119. The molecule has 0 unspecified atom stereocenters. The van der Waals surface area contributed by atoms with E-state index >= 15 is 0 Å². The highest BCUT2D eigenvalue weighted by Gasteiger charge is 2.35. The minimum absolute atomic E-state index is 0.213. The van der Waals surface area contributed by atoms with Gasteiger partial charge in [0.15, 0.2) is 0 Å². The van der Waals surface area contributed by atoms with E-state index < -0.39 is 15.9 Å². The number of fused-ring (bicyclic) bond motifs is 3. The van der Waals surface area contributed by atoms with Gasteiger partial charge >= 0.3 is 0 Å². The summed E-state index contributed by atoms with van der Waals surface area (Å²) in [5.41, 5.74) is 3.87. The summed E-state index contributed by atoms with van der Waals surface area (Å²) < 4.78 is 27.8. The molecule has 30 heavy (non-hydrogen) atoms. The van der Waals surface area contributed by atoms with Crippen molar-refractivity contribution >= 4 is 33.2 Å². The van der Waals surface area contributed by atoms with Crippen LogP contribution in [0.15, 0.2) is 71.6 Å². The molecule has 3 aromatic rings. The van der Waals surface area contributed by atoms with E-state index in [4.69, 9.17) is 11.6 Å². The molecule has 0 saturated heterocycles. The zero-order valence-corrected chi connectivity index (χ0v) is 18.0. The molecule has 1 aliphatic rings. The van der Waals surface area contributed by atoms with Gasteiger partial charge in [-0.25, -0.2) is 8.42 Å². The average Bonchev–Trinajstić information content (AvgIpc) is 2.76. The molecule has 0 aliphatic carbocycles. The molecule has 154 valence electrons. The molecule has 1 amide bonds. The van der Waals surface area contributed by atoms with Crippen LogP contribution in [-0.4, -0.2) is 20.9 Å². The van der Waals surface area contributed by atoms with Gasteiger partial charge in [0.25, 0.3) is 10.0 Å². The zero-order chi connectivity index (χ0) is 21.3. The van der Waals surface area contributed by atoms with Gasteiger partial charge in [-0.05, 0) is 41.8 Å². The van der Waals surface area contributed by atoms with Gasteiger partial charge in [-0.1, -0.05) is 61.0 Å². The summed E-state index contributed by atoms with van der Waals surface area (Å²) in [6.45, 7) is 1.97. The predicted octanol–water partition coefficient (Wildman–Crippen LogP) is 4.39. The van der Waals surface area contributed by atoms with Crippen LogP contribution in [0.5, 0.6) is 0 Å². The lowest BCUT2D eigenvalue weighted by Gasteiger charge is -2.32. The summed E-state index contributed by atoms with van der Waals surface area (Å²) in [5.74, 6) is -0.400. The van der Waals surface area contributed by atoms with Gasteiger partial charge in [0, 0.05) is 22.7 Å². The third kappa shape index (κ3) is 3.68. The number of benzene rings is 3. The lowest BCUT2D eigenvalue weighted by atomic mass is 9.99. The molecule has 0 fully saturated rings.